The molecule has 1 aliphatic heterocycles. The van der Waals surface area contributed by atoms with Crippen molar-refractivity contribution in [3.05, 3.63) is 76.1 Å². The van der Waals surface area contributed by atoms with Crippen molar-refractivity contribution in [1.29, 1.82) is 0 Å². The Morgan fingerprint density at radius 2 is 1.72 bits per heavy atom. The van der Waals surface area contributed by atoms with Gasteiger partial charge in [0.1, 0.15) is 12.4 Å². The maximum absolute atomic E-state index is 13.9. The lowest BCUT2D eigenvalue weighted by atomic mass is 9.71. The first-order chi connectivity index (χ1) is 18.9. The quantitative estimate of drug-likeness (QED) is 0.316. The van der Waals surface area contributed by atoms with E-state index in [1.807, 2.05) is 63.2 Å². The molecule has 1 N–H and O–H groups in total. The number of benzene rings is 2. The summed E-state index contributed by atoms with van der Waals surface area (Å²) in [5.74, 6) is 0.736. The number of Topliss-reactive ketones (excluding diaryl/α,β-unsaturated/α-hetero) is 1. The van der Waals surface area contributed by atoms with Crippen molar-refractivity contribution in [1.82, 2.24) is 5.32 Å². The van der Waals surface area contributed by atoms with E-state index in [1.54, 1.807) is 14.2 Å². The smallest absolute Gasteiger partial charge is 0.336 e. The Morgan fingerprint density at radius 1 is 0.949 bits per heavy atom. The third-order valence-electron chi connectivity index (χ3n) is 7.12. The third-order valence-corrected chi connectivity index (χ3v) is 7.12. The van der Waals surface area contributed by atoms with Crippen LogP contribution >= 0.6 is 0 Å². The van der Waals surface area contributed by atoms with Crippen LogP contribution in [0.5, 0.6) is 17.2 Å². The molecule has 0 spiro atoms. The van der Waals surface area contributed by atoms with E-state index >= 15 is 0 Å². The van der Waals surface area contributed by atoms with Crippen molar-refractivity contribution in [3.63, 3.8) is 0 Å². The zero-order valence-corrected chi connectivity index (χ0v) is 23.3. The first-order valence-corrected chi connectivity index (χ1v) is 13.4. The molecule has 4 rings (SSSR count). The number of allylic oxidation sites excluding steroid dienone is 3. The van der Waals surface area contributed by atoms with Gasteiger partial charge in [0.2, 0.25) is 0 Å². The van der Waals surface area contributed by atoms with Crippen LogP contribution in [-0.2, 0) is 19.1 Å². The van der Waals surface area contributed by atoms with E-state index < -0.39 is 11.9 Å². The monoisotopic (exact) mass is 535 g/mol. The lowest BCUT2D eigenvalue weighted by Gasteiger charge is -2.37. The molecular weight excluding hydrogens is 498 g/mol. The molecule has 2 atom stereocenters. The van der Waals surface area contributed by atoms with Gasteiger partial charge in [0, 0.05) is 35.6 Å². The van der Waals surface area contributed by atoms with Crippen molar-refractivity contribution in [3.8, 4) is 17.2 Å². The fraction of sp³-hybridized carbons (Fsp3) is 0.419. The van der Waals surface area contributed by atoms with E-state index in [2.05, 4.69) is 5.32 Å². The van der Waals surface area contributed by atoms with Gasteiger partial charge in [-0.05, 0) is 56.9 Å². The second-order valence-electron chi connectivity index (χ2n) is 9.44. The highest BCUT2D eigenvalue weighted by molar-refractivity contribution is 6.04. The van der Waals surface area contributed by atoms with E-state index in [0.29, 0.717) is 66.8 Å². The lowest BCUT2D eigenvalue weighted by Crippen LogP contribution is -2.36. The first kappa shape index (κ1) is 28.2. The number of nitrogens with one attached hydrogen (secondary N) is 1. The molecule has 2 aromatic carbocycles. The van der Waals surface area contributed by atoms with Gasteiger partial charge >= 0.3 is 5.97 Å². The molecule has 208 valence electrons. The summed E-state index contributed by atoms with van der Waals surface area (Å²) >= 11 is 0. The number of ketones is 1. The summed E-state index contributed by atoms with van der Waals surface area (Å²) in [6, 6.07) is 13.3. The van der Waals surface area contributed by atoms with Crippen molar-refractivity contribution in [2.24, 2.45) is 0 Å². The highest BCUT2D eigenvalue weighted by Gasteiger charge is 2.42. The topological polar surface area (TPSA) is 92.3 Å². The summed E-state index contributed by atoms with van der Waals surface area (Å²) in [4.78, 5) is 27.4. The first-order valence-electron chi connectivity index (χ1n) is 13.4. The Bertz CT molecular complexity index is 1280. The van der Waals surface area contributed by atoms with E-state index in [0.717, 1.165) is 16.8 Å². The molecular formula is C31H37NO7. The fourth-order valence-electron chi connectivity index (χ4n) is 5.38. The van der Waals surface area contributed by atoms with Gasteiger partial charge in [-0.2, -0.15) is 0 Å². The number of dihydropyridines is 1. The molecule has 1 aliphatic carbocycles. The molecule has 39 heavy (non-hydrogen) atoms. The SMILES string of the molecule is CCOCCOC(=O)C1=C(C)NC2=C(C(=O)CC(c3ccc(OC)c(OC)c3)C2)C1c1ccccc1OCC. The van der Waals surface area contributed by atoms with Crippen molar-refractivity contribution >= 4 is 11.8 Å². The number of carbonyl (C=O) groups excluding carboxylic acids is 2. The second-order valence-corrected chi connectivity index (χ2v) is 9.44. The van der Waals surface area contributed by atoms with Gasteiger partial charge in [-0.3, -0.25) is 4.79 Å². The van der Waals surface area contributed by atoms with E-state index in [-0.39, 0.29) is 18.3 Å². The number of rotatable bonds is 11. The lowest BCUT2D eigenvalue weighted by molar-refractivity contribution is -0.140. The molecule has 1 heterocycles. The minimum Gasteiger partial charge on any atom is -0.494 e. The summed E-state index contributed by atoms with van der Waals surface area (Å²) < 4.78 is 27.8. The maximum Gasteiger partial charge on any atom is 0.336 e. The summed E-state index contributed by atoms with van der Waals surface area (Å²) in [6.07, 6.45) is 0.906. The minimum atomic E-state index is -0.609. The molecule has 8 heteroatoms. The van der Waals surface area contributed by atoms with Crippen molar-refractivity contribution in [2.75, 3.05) is 40.6 Å². The highest BCUT2D eigenvalue weighted by atomic mass is 16.6. The molecule has 0 saturated heterocycles. The predicted octanol–water partition coefficient (Wildman–Crippen LogP) is 5.04. The molecule has 0 fully saturated rings. The molecule has 0 aromatic heterocycles. The number of esters is 1. The van der Waals surface area contributed by atoms with Crippen LogP contribution in [0.15, 0.2) is 65.0 Å². The largest absolute Gasteiger partial charge is 0.494 e. The number of carbonyl (C=O) groups is 2. The van der Waals surface area contributed by atoms with Crippen LogP contribution in [0.4, 0.5) is 0 Å². The van der Waals surface area contributed by atoms with Gasteiger partial charge in [-0.15, -0.1) is 0 Å². The Balaban J connectivity index is 1.75. The van der Waals surface area contributed by atoms with Crippen molar-refractivity contribution < 1.29 is 33.3 Å². The van der Waals surface area contributed by atoms with Gasteiger partial charge in [0.25, 0.3) is 0 Å². The molecule has 0 bridgehead atoms. The van der Waals surface area contributed by atoms with E-state index in [4.69, 9.17) is 23.7 Å². The summed E-state index contributed by atoms with van der Waals surface area (Å²) in [5.41, 5.74) is 4.22. The van der Waals surface area contributed by atoms with E-state index in [1.165, 1.54) is 0 Å². The second kappa shape index (κ2) is 12.8. The zero-order chi connectivity index (χ0) is 27.9. The molecule has 8 nitrogen and oxygen atoms in total. The molecule has 0 amide bonds. The van der Waals surface area contributed by atoms with E-state index in [9.17, 15) is 9.59 Å². The normalized spacial score (nSPS) is 18.8. The number of para-hydroxylation sites is 1. The average molecular weight is 536 g/mol. The number of hydrogen-bond donors (Lipinski definition) is 1. The summed E-state index contributed by atoms with van der Waals surface area (Å²) in [5, 5.41) is 3.39. The van der Waals surface area contributed by atoms with Gasteiger partial charge in [-0.1, -0.05) is 24.3 Å². The van der Waals surface area contributed by atoms with Gasteiger partial charge in [-0.25, -0.2) is 4.79 Å². The van der Waals surface area contributed by atoms with Crippen LogP contribution in [-0.4, -0.2) is 52.4 Å². The number of ether oxygens (including phenoxy) is 5. The van der Waals surface area contributed by atoms with Crippen LogP contribution < -0.4 is 19.5 Å². The Kier molecular flexibility index (Phi) is 9.30. The van der Waals surface area contributed by atoms with Crippen LogP contribution in [0, 0.1) is 0 Å². The zero-order valence-electron chi connectivity index (χ0n) is 23.3. The average Bonchev–Trinajstić information content (AvgIpc) is 2.94. The molecule has 0 radical (unpaired) electrons. The Hall–Kier alpha value is -3.78. The summed E-state index contributed by atoms with van der Waals surface area (Å²) in [7, 11) is 3.19. The van der Waals surface area contributed by atoms with Crippen molar-refractivity contribution in [2.45, 2.75) is 45.4 Å². The highest BCUT2D eigenvalue weighted by Crippen LogP contribution is 2.48. The standard InChI is InChI=1S/C31H37NO7/c1-6-37-14-15-39-31(34)28-19(3)32-23-16-21(20-12-13-26(35-4)27(18-20)36-5)17-24(33)30(23)29(28)22-10-8-9-11-25(22)38-7-2/h8-13,18,21,29,32H,6-7,14-17H2,1-5H3. The number of hydrogen-bond acceptors (Lipinski definition) is 8. The number of methoxy groups -OCH3 is 2. The van der Waals surface area contributed by atoms with Crippen LogP contribution in [0.2, 0.25) is 0 Å². The van der Waals surface area contributed by atoms with Gasteiger partial charge in [0.15, 0.2) is 17.3 Å². The molecule has 2 unspecified atom stereocenters. The van der Waals surface area contributed by atoms with Crippen LogP contribution in [0.3, 0.4) is 0 Å². The third kappa shape index (κ3) is 5.96. The van der Waals surface area contributed by atoms with Gasteiger partial charge < -0.3 is 29.0 Å². The molecule has 2 aromatic rings. The fourth-order valence-corrected chi connectivity index (χ4v) is 5.38. The Labute approximate surface area is 229 Å². The predicted molar refractivity (Wildman–Crippen MR) is 147 cm³/mol. The van der Waals surface area contributed by atoms with Gasteiger partial charge in [0.05, 0.1) is 38.9 Å². The van der Waals surface area contributed by atoms with Crippen LogP contribution in [0.25, 0.3) is 0 Å². The summed E-state index contributed by atoms with van der Waals surface area (Å²) in [6.45, 7) is 7.08. The Morgan fingerprint density at radius 3 is 2.44 bits per heavy atom. The minimum absolute atomic E-state index is 0.0213. The molecule has 0 saturated carbocycles. The maximum atomic E-state index is 13.9. The molecule has 2 aliphatic rings. The van der Waals surface area contributed by atoms with Crippen LogP contribution in [0.1, 0.15) is 56.6 Å².